The zero-order chi connectivity index (χ0) is 15.6. The Morgan fingerprint density at radius 1 is 1.48 bits per heavy atom. The summed E-state index contributed by atoms with van der Waals surface area (Å²) in [6, 6.07) is 5.71. The fourth-order valence-electron chi connectivity index (χ4n) is 2.28. The van der Waals surface area contributed by atoms with Crippen molar-refractivity contribution < 1.29 is 4.74 Å². The van der Waals surface area contributed by atoms with Crippen LogP contribution in [0.3, 0.4) is 0 Å². The number of rotatable bonds is 5. The zero-order valence-electron chi connectivity index (χ0n) is 12.4. The summed E-state index contributed by atoms with van der Waals surface area (Å²) in [6.45, 7) is 2.04. The second-order valence-electron chi connectivity index (χ2n) is 4.89. The van der Waals surface area contributed by atoms with Crippen LogP contribution in [-0.2, 0) is 19.9 Å². The molecular formula is C15H19BrClN3O. The maximum atomic E-state index is 6.37. The molecule has 2 aromatic rings. The van der Waals surface area contributed by atoms with E-state index >= 15 is 0 Å². The predicted octanol–water partition coefficient (Wildman–Crippen LogP) is 3.65. The number of hydrogen-bond donors (Lipinski definition) is 1. The molecule has 1 atom stereocenters. The van der Waals surface area contributed by atoms with Crippen molar-refractivity contribution >= 4 is 27.5 Å². The Hall–Kier alpha value is -1.04. The Bertz CT molecular complexity index is 642. The molecule has 2 N–H and O–H groups in total. The highest BCUT2D eigenvalue weighted by molar-refractivity contribution is 9.10. The van der Waals surface area contributed by atoms with E-state index in [1.165, 1.54) is 0 Å². The van der Waals surface area contributed by atoms with Crippen LogP contribution in [0, 0.1) is 0 Å². The van der Waals surface area contributed by atoms with E-state index in [9.17, 15) is 0 Å². The molecule has 114 valence electrons. The van der Waals surface area contributed by atoms with E-state index in [0.29, 0.717) is 6.42 Å². The molecule has 0 radical (unpaired) electrons. The molecule has 1 aromatic carbocycles. The lowest BCUT2D eigenvalue weighted by Crippen LogP contribution is -2.15. The third-order valence-corrected chi connectivity index (χ3v) is 4.58. The number of halogens is 2. The van der Waals surface area contributed by atoms with Gasteiger partial charge in [0.25, 0.3) is 0 Å². The second kappa shape index (κ2) is 6.81. The van der Waals surface area contributed by atoms with Gasteiger partial charge in [0.05, 0.1) is 28.0 Å². The van der Waals surface area contributed by atoms with Crippen molar-refractivity contribution in [1.82, 2.24) is 9.78 Å². The summed E-state index contributed by atoms with van der Waals surface area (Å²) >= 11 is 9.85. The number of aryl methyl sites for hydroxylation is 2. The molecule has 0 aliphatic rings. The van der Waals surface area contributed by atoms with Crippen molar-refractivity contribution in [2.24, 2.45) is 12.8 Å². The molecule has 0 amide bonds. The fourth-order valence-corrected chi connectivity index (χ4v) is 3.21. The Morgan fingerprint density at radius 3 is 2.71 bits per heavy atom. The van der Waals surface area contributed by atoms with Crippen LogP contribution in [0.15, 0.2) is 22.7 Å². The van der Waals surface area contributed by atoms with Crippen LogP contribution >= 0.6 is 27.5 Å². The molecule has 0 spiro atoms. The number of hydrogen-bond acceptors (Lipinski definition) is 3. The number of ether oxygens (including phenoxy) is 1. The van der Waals surface area contributed by atoms with Gasteiger partial charge in [-0.05, 0) is 40.0 Å². The first-order chi connectivity index (χ1) is 9.97. The lowest BCUT2D eigenvalue weighted by Gasteiger charge is -2.14. The van der Waals surface area contributed by atoms with Gasteiger partial charge in [0.15, 0.2) is 0 Å². The van der Waals surface area contributed by atoms with Crippen LogP contribution in [0.2, 0.25) is 5.02 Å². The summed E-state index contributed by atoms with van der Waals surface area (Å²) in [4.78, 5) is 0. The molecule has 1 heterocycles. The van der Waals surface area contributed by atoms with E-state index in [-0.39, 0.29) is 6.04 Å². The van der Waals surface area contributed by atoms with Gasteiger partial charge in [0.2, 0.25) is 0 Å². The molecule has 0 saturated heterocycles. The third-order valence-electron chi connectivity index (χ3n) is 3.52. The van der Waals surface area contributed by atoms with Gasteiger partial charge in [-0.1, -0.05) is 24.6 Å². The van der Waals surface area contributed by atoms with E-state index in [1.54, 1.807) is 7.11 Å². The topological polar surface area (TPSA) is 53.1 Å². The maximum absolute atomic E-state index is 6.37. The first-order valence-electron chi connectivity index (χ1n) is 6.77. The van der Waals surface area contributed by atoms with Gasteiger partial charge < -0.3 is 10.5 Å². The quantitative estimate of drug-likeness (QED) is 0.871. The van der Waals surface area contributed by atoms with Crippen LogP contribution in [0.25, 0.3) is 0 Å². The van der Waals surface area contributed by atoms with Gasteiger partial charge in [-0.3, -0.25) is 4.68 Å². The molecule has 0 fully saturated rings. The highest BCUT2D eigenvalue weighted by Crippen LogP contribution is 2.30. The van der Waals surface area contributed by atoms with Crippen LogP contribution in [-0.4, -0.2) is 16.9 Å². The average Bonchev–Trinajstić information content (AvgIpc) is 2.74. The van der Waals surface area contributed by atoms with Gasteiger partial charge in [-0.25, -0.2) is 0 Å². The number of methoxy groups -OCH3 is 1. The molecule has 1 aromatic heterocycles. The lowest BCUT2D eigenvalue weighted by molar-refractivity contribution is 0.412. The van der Waals surface area contributed by atoms with Gasteiger partial charge in [-0.2, -0.15) is 5.10 Å². The van der Waals surface area contributed by atoms with E-state index in [1.807, 2.05) is 36.9 Å². The minimum Gasteiger partial charge on any atom is -0.496 e. The second-order valence-corrected chi connectivity index (χ2v) is 6.12. The first-order valence-corrected chi connectivity index (χ1v) is 7.94. The van der Waals surface area contributed by atoms with Crippen LogP contribution in [0.4, 0.5) is 0 Å². The summed E-state index contributed by atoms with van der Waals surface area (Å²) in [6.07, 6.45) is 1.46. The van der Waals surface area contributed by atoms with Crippen LogP contribution in [0.5, 0.6) is 5.75 Å². The Morgan fingerprint density at radius 2 is 2.19 bits per heavy atom. The third kappa shape index (κ3) is 3.42. The molecule has 6 heteroatoms. The van der Waals surface area contributed by atoms with Gasteiger partial charge in [0, 0.05) is 19.5 Å². The fraction of sp³-hybridized carbons (Fsp3) is 0.400. The molecule has 0 saturated carbocycles. The van der Waals surface area contributed by atoms with Gasteiger partial charge >= 0.3 is 0 Å². The molecule has 1 unspecified atom stereocenters. The Labute approximate surface area is 138 Å². The zero-order valence-corrected chi connectivity index (χ0v) is 14.7. The summed E-state index contributed by atoms with van der Waals surface area (Å²) < 4.78 is 7.94. The van der Waals surface area contributed by atoms with E-state index in [2.05, 4.69) is 21.0 Å². The number of nitrogens with zero attached hydrogens (tertiary/aromatic N) is 2. The monoisotopic (exact) mass is 371 g/mol. The maximum Gasteiger partial charge on any atom is 0.133 e. The van der Waals surface area contributed by atoms with Crippen LogP contribution in [0.1, 0.15) is 29.9 Å². The molecule has 0 bridgehead atoms. The molecule has 0 aliphatic heterocycles. The molecule has 0 aliphatic carbocycles. The standard InChI is InChI=1S/C15H19BrClN3O/c1-4-12-15(17)13(20(2)19-12)8-11(18)9-5-6-14(21-3)10(16)7-9/h5-7,11H,4,8,18H2,1-3H3. The number of benzene rings is 1. The Kier molecular flexibility index (Phi) is 5.30. The van der Waals surface area contributed by atoms with Crippen molar-refractivity contribution in [2.75, 3.05) is 7.11 Å². The first kappa shape index (κ1) is 16.3. The molecule has 2 rings (SSSR count). The molecule has 21 heavy (non-hydrogen) atoms. The number of nitrogens with two attached hydrogens (primary N) is 1. The normalized spacial score (nSPS) is 12.5. The van der Waals surface area contributed by atoms with Crippen molar-refractivity contribution in [3.8, 4) is 5.75 Å². The largest absolute Gasteiger partial charge is 0.496 e. The van der Waals surface area contributed by atoms with Crippen molar-refractivity contribution in [3.63, 3.8) is 0 Å². The van der Waals surface area contributed by atoms with Gasteiger partial charge in [-0.15, -0.1) is 0 Å². The SMILES string of the molecule is CCc1nn(C)c(CC(N)c2ccc(OC)c(Br)c2)c1Cl. The average molecular weight is 373 g/mol. The summed E-state index contributed by atoms with van der Waals surface area (Å²) in [5.74, 6) is 0.790. The summed E-state index contributed by atoms with van der Waals surface area (Å²) in [7, 11) is 3.54. The van der Waals surface area contributed by atoms with Crippen molar-refractivity contribution in [3.05, 3.63) is 44.6 Å². The summed E-state index contributed by atoms with van der Waals surface area (Å²) in [5.41, 5.74) is 9.22. The highest BCUT2D eigenvalue weighted by atomic mass is 79.9. The number of aromatic nitrogens is 2. The predicted molar refractivity (Wildman–Crippen MR) is 88.9 cm³/mol. The Balaban J connectivity index is 2.24. The molecular weight excluding hydrogens is 354 g/mol. The smallest absolute Gasteiger partial charge is 0.133 e. The highest BCUT2D eigenvalue weighted by Gasteiger charge is 2.17. The van der Waals surface area contributed by atoms with Gasteiger partial charge in [0.1, 0.15) is 5.75 Å². The minimum absolute atomic E-state index is 0.148. The summed E-state index contributed by atoms with van der Waals surface area (Å²) in [5, 5.41) is 5.15. The van der Waals surface area contributed by atoms with E-state index in [0.717, 1.165) is 38.6 Å². The van der Waals surface area contributed by atoms with Crippen LogP contribution < -0.4 is 10.5 Å². The molecule has 4 nitrogen and oxygen atoms in total. The van der Waals surface area contributed by atoms with Crippen molar-refractivity contribution in [1.29, 1.82) is 0 Å². The minimum atomic E-state index is -0.148. The lowest BCUT2D eigenvalue weighted by atomic mass is 10.0. The van der Waals surface area contributed by atoms with Crippen molar-refractivity contribution in [2.45, 2.75) is 25.8 Å². The van der Waals surface area contributed by atoms with E-state index in [4.69, 9.17) is 22.1 Å². The van der Waals surface area contributed by atoms with E-state index < -0.39 is 0 Å².